The van der Waals surface area contributed by atoms with E-state index in [1.165, 1.54) is 0 Å². The summed E-state index contributed by atoms with van der Waals surface area (Å²) < 4.78 is 0. The third-order valence-corrected chi connectivity index (χ3v) is 5.86. The lowest BCUT2D eigenvalue weighted by Crippen LogP contribution is -2.20. The van der Waals surface area contributed by atoms with Crippen molar-refractivity contribution in [1.29, 1.82) is 0 Å². The lowest BCUT2D eigenvalue weighted by molar-refractivity contribution is -0.116. The van der Waals surface area contributed by atoms with Crippen LogP contribution in [0.2, 0.25) is 0 Å². The van der Waals surface area contributed by atoms with Gasteiger partial charge in [0.1, 0.15) is 0 Å². The highest BCUT2D eigenvalue weighted by Crippen LogP contribution is 2.41. The lowest BCUT2D eigenvalue weighted by Gasteiger charge is -2.22. The maximum absolute atomic E-state index is 12.4. The number of thioether (sulfide) groups is 1. The Balaban J connectivity index is 1.72. The Morgan fingerprint density at radius 3 is 2.00 bits per heavy atom. The number of hydrogen-bond donors (Lipinski definition) is 1. The van der Waals surface area contributed by atoms with Crippen LogP contribution >= 0.6 is 23.4 Å². The molecular formula is C22H20ClNOS. The third-order valence-electron chi connectivity index (χ3n) is 3.90. The van der Waals surface area contributed by atoms with Gasteiger partial charge in [0.05, 0.1) is 10.6 Å². The molecule has 2 unspecified atom stereocenters. The molecule has 2 atom stereocenters. The van der Waals surface area contributed by atoms with Crippen molar-refractivity contribution >= 4 is 35.0 Å². The van der Waals surface area contributed by atoms with Crippen molar-refractivity contribution < 1.29 is 4.79 Å². The number of anilines is 1. The van der Waals surface area contributed by atoms with Gasteiger partial charge in [-0.15, -0.1) is 23.4 Å². The summed E-state index contributed by atoms with van der Waals surface area (Å²) >= 11 is 8.40. The van der Waals surface area contributed by atoms with E-state index in [0.717, 1.165) is 16.1 Å². The van der Waals surface area contributed by atoms with E-state index in [4.69, 9.17) is 11.6 Å². The molecule has 4 heteroatoms. The van der Waals surface area contributed by atoms with Crippen molar-refractivity contribution in [2.45, 2.75) is 21.9 Å². The number of benzene rings is 3. The summed E-state index contributed by atoms with van der Waals surface area (Å²) in [5, 5.41) is 2.57. The van der Waals surface area contributed by atoms with Crippen LogP contribution in [0, 0.1) is 0 Å². The van der Waals surface area contributed by atoms with Crippen LogP contribution in [0.5, 0.6) is 0 Å². The summed E-state index contributed by atoms with van der Waals surface area (Å²) in [5.41, 5.74) is 1.90. The van der Waals surface area contributed by atoms with Crippen LogP contribution in [0.25, 0.3) is 0 Å². The third kappa shape index (κ3) is 5.38. The van der Waals surface area contributed by atoms with E-state index in [-0.39, 0.29) is 23.0 Å². The van der Waals surface area contributed by atoms with E-state index in [9.17, 15) is 4.79 Å². The van der Waals surface area contributed by atoms with Gasteiger partial charge in [-0.2, -0.15) is 0 Å². The zero-order chi connectivity index (χ0) is 18.2. The second-order valence-electron chi connectivity index (χ2n) is 5.90. The monoisotopic (exact) mass is 381 g/mol. The van der Waals surface area contributed by atoms with Crippen molar-refractivity contribution in [3.8, 4) is 0 Å². The second-order valence-corrected chi connectivity index (χ2v) is 7.67. The molecule has 0 fully saturated rings. The fourth-order valence-electron chi connectivity index (χ4n) is 2.66. The van der Waals surface area contributed by atoms with Gasteiger partial charge in [0.15, 0.2) is 0 Å². The molecule has 3 aromatic rings. The molecule has 1 amide bonds. The van der Waals surface area contributed by atoms with Crippen LogP contribution in [0.15, 0.2) is 95.9 Å². The fraction of sp³-hybridized carbons (Fsp3) is 0.136. The number of amides is 1. The molecule has 0 saturated heterocycles. The molecule has 0 aliphatic rings. The minimum Gasteiger partial charge on any atom is -0.326 e. The van der Waals surface area contributed by atoms with Crippen molar-refractivity contribution in [2.75, 3.05) is 5.32 Å². The van der Waals surface area contributed by atoms with Gasteiger partial charge >= 0.3 is 0 Å². The zero-order valence-corrected chi connectivity index (χ0v) is 15.8. The highest BCUT2D eigenvalue weighted by molar-refractivity contribution is 7.99. The molecule has 0 bridgehead atoms. The van der Waals surface area contributed by atoms with E-state index in [2.05, 4.69) is 29.6 Å². The standard InChI is InChI=1S/C22H20ClNOS/c23-20(16-21(25)24-18-12-6-2-7-13-18)22(17-10-4-1-5-11-17)26-19-14-8-3-9-15-19/h1-15,20,22H,16H2,(H,24,25). The summed E-state index contributed by atoms with van der Waals surface area (Å²) in [5.74, 6) is -0.0780. The predicted octanol–water partition coefficient (Wildman–Crippen LogP) is 6.16. The Morgan fingerprint density at radius 1 is 0.846 bits per heavy atom. The van der Waals surface area contributed by atoms with E-state index >= 15 is 0 Å². The van der Waals surface area contributed by atoms with E-state index in [1.54, 1.807) is 11.8 Å². The molecular weight excluding hydrogens is 362 g/mol. The minimum absolute atomic E-state index is 0.0122. The molecule has 26 heavy (non-hydrogen) atoms. The molecule has 0 aliphatic heterocycles. The molecule has 0 heterocycles. The van der Waals surface area contributed by atoms with Gasteiger partial charge in [-0.05, 0) is 29.8 Å². The SMILES string of the molecule is O=C(CC(Cl)C(Sc1ccccc1)c1ccccc1)Nc1ccccc1. The molecule has 3 rings (SSSR count). The summed E-state index contributed by atoms with van der Waals surface area (Å²) in [7, 11) is 0. The van der Waals surface area contributed by atoms with Crippen LogP contribution in [-0.2, 0) is 4.79 Å². The van der Waals surface area contributed by atoms with Gasteiger partial charge in [-0.3, -0.25) is 4.79 Å². The first-order chi connectivity index (χ1) is 12.7. The number of rotatable bonds is 7. The summed E-state index contributed by atoms with van der Waals surface area (Å²) in [4.78, 5) is 13.5. The number of halogens is 1. The molecule has 1 N–H and O–H groups in total. The van der Waals surface area contributed by atoms with Crippen molar-refractivity contribution in [1.82, 2.24) is 0 Å². The first-order valence-electron chi connectivity index (χ1n) is 8.48. The number of carbonyl (C=O) groups is 1. The summed E-state index contributed by atoms with van der Waals surface area (Å²) in [6, 6.07) is 29.7. The van der Waals surface area contributed by atoms with Crippen molar-refractivity contribution in [3.05, 3.63) is 96.6 Å². The van der Waals surface area contributed by atoms with Gasteiger partial charge in [0.2, 0.25) is 5.91 Å². The predicted molar refractivity (Wildman–Crippen MR) is 111 cm³/mol. The highest BCUT2D eigenvalue weighted by atomic mass is 35.5. The van der Waals surface area contributed by atoms with Crippen LogP contribution in [0.1, 0.15) is 17.2 Å². The molecule has 2 nitrogen and oxygen atoms in total. The number of alkyl halides is 1. The van der Waals surface area contributed by atoms with Gasteiger partial charge in [0.25, 0.3) is 0 Å². The highest BCUT2D eigenvalue weighted by Gasteiger charge is 2.25. The number of hydrogen-bond acceptors (Lipinski definition) is 2. The molecule has 0 radical (unpaired) electrons. The quantitative estimate of drug-likeness (QED) is 0.392. The maximum atomic E-state index is 12.4. The van der Waals surface area contributed by atoms with Crippen molar-refractivity contribution in [3.63, 3.8) is 0 Å². The zero-order valence-electron chi connectivity index (χ0n) is 14.2. The smallest absolute Gasteiger partial charge is 0.225 e. The van der Waals surface area contributed by atoms with Crippen LogP contribution in [0.4, 0.5) is 5.69 Å². The van der Waals surface area contributed by atoms with Crippen LogP contribution < -0.4 is 5.32 Å². The van der Waals surface area contributed by atoms with Gasteiger partial charge < -0.3 is 5.32 Å². The summed E-state index contributed by atoms with van der Waals surface area (Å²) in [6.45, 7) is 0. The normalized spacial score (nSPS) is 13.0. The van der Waals surface area contributed by atoms with E-state index in [0.29, 0.717) is 0 Å². The average Bonchev–Trinajstić information content (AvgIpc) is 2.68. The Labute approximate surface area is 163 Å². The molecule has 0 aromatic heterocycles. The van der Waals surface area contributed by atoms with Gasteiger partial charge in [0, 0.05) is 17.0 Å². The number of para-hydroxylation sites is 1. The molecule has 0 aliphatic carbocycles. The van der Waals surface area contributed by atoms with Gasteiger partial charge in [-0.25, -0.2) is 0 Å². The molecule has 132 valence electrons. The topological polar surface area (TPSA) is 29.1 Å². The van der Waals surface area contributed by atoms with Crippen LogP contribution in [-0.4, -0.2) is 11.3 Å². The molecule has 0 saturated carbocycles. The van der Waals surface area contributed by atoms with Crippen LogP contribution in [0.3, 0.4) is 0 Å². The van der Waals surface area contributed by atoms with E-state index < -0.39 is 0 Å². The average molecular weight is 382 g/mol. The number of carbonyl (C=O) groups excluding carboxylic acids is 1. The first-order valence-corrected chi connectivity index (χ1v) is 9.79. The number of nitrogens with one attached hydrogen (secondary N) is 1. The molecule has 3 aromatic carbocycles. The maximum Gasteiger partial charge on any atom is 0.225 e. The Hall–Kier alpha value is -2.23. The molecule has 0 spiro atoms. The van der Waals surface area contributed by atoms with E-state index in [1.807, 2.05) is 66.7 Å². The largest absolute Gasteiger partial charge is 0.326 e. The first kappa shape index (κ1) is 18.6. The Morgan fingerprint density at radius 2 is 1.38 bits per heavy atom. The minimum atomic E-state index is -0.327. The van der Waals surface area contributed by atoms with Crippen molar-refractivity contribution in [2.24, 2.45) is 0 Å². The van der Waals surface area contributed by atoms with Gasteiger partial charge in [-0.1, -0.05) is 66.7 Å². The second kappa shape index (κ2) is 9.46. The Bertz CT molecular complexity index is 811. The fourth-order valence-corrected chi connectivity index (χ4v) is 4.24. The summed E-state index contributed by atoms with van der Waals surface area (Å²) in [6.07, 6.45) is 0.246. The Kier molecular flexibility index (Phi) is 6.75. The lowest BCUT2D eigenvalue weighted by atomic mass is 10.1.